The van der Waals surface area contributed by atoms with Crippen molar-refractivity contribution in [1.82, 2.24) is 4.72 Å². The monoisotopic (exact) mass is 295 g/mol. The lowest BCUT2D eigenvalue weighted by Gasteiger charge is -2.06. The Morgan fingerprint density at radius 3 is 2.67 bits per heavy atom. The van der Waals surface area contributed by atoms with E-state index < -0.39 is 27.6 Å². The second-order valence-electron chi connectivity index (χ2n) is 3.55. The van der Waals surface area contributed by atoms with Crippen molar-refractivity contribution in [1.29, 1.82) is 0 Å². The van der Waals surface area contributed by atoms with Gasteiger partial charge in [-0.05, 0) is 17.7 Å². The molecule has 0 amide bonds. The number of sulfonamides is 1. The number of carbonyl (C=O) groups is 1. The lowest BCUT2D eigenvalue weighted by molar-refractivity contribution is -0.136. The average Bonchev–Trinajstić information content (AvgIpc) is 2.22. The van der Waals surface area contributed by atoms with E-state index in [9.17, 15) is 17.6 Å². The van der Waals surface area contributed by atoms with Crippen molar-refractivity contribution < 1.29 is 22.7 Å². The second-order valence-corrected chi connectivity index (χ2v) is 5.76. The Balaban J connectivity index is 2.64. The number of aliphatic carboxylic acids is 1. The van der Waals surface area contributed by atoms with Crippen molar-refractivity contribution in [2.75, 3.05) is 6.54 Å². The van der Waals surface area contributed by atoms with E-state index in [0.29, 0.717) is 0 Å². The summed E-state index contributed by atoms with van der Waals surface area (Å²) in [5.41, 5.74) is 0.236. The Hall–Kier alpha value is -1.18. The lowest BCUT2D eigenvalue weighted by atomic mass is 10.2. The summed E-state index contributed by atoms with van der Waals surface area (Å²) in [6.07, 6.45) is -0.311. The van der Waals surface area contributed by atoms with Gasteiger partial charge in [-0.3, -0.25) is 4.79 Å². The van der Waals surface area contributed by atoms with E-state index in [-0.39, 0.29) is 23.6 Å². The van der Waals surface area contributed by atoms with Crippen molar-refractivity contribution in [3.8, 4) is 0 Å². The Morgan fingerprint density at radius 2 is 2.11 bits per heavy atom. The minimum atomic E-state index is -3.68. The van der Waals surface area contributed by atoms with Crippen molar-refractivity contribution in [3.05, 3.63) is 34.6 Å². The Bertz CT molecular complexity index is 547. The van der Waals surface area contributed by atoms with Crippen LogP contribution in [0.4, 0.5) is 4.39 Å². The van der Waals surface area contributed by atoms with E-state index in [1.807, 2.05) is 0 Å². The van der Waals surface area contributed by atoms with E-state index in [1.165, 1.54) is 12.1 Å². The van der Waals surface area contributed by atoms with E-state index in [4.69, 9.17) is 16.7 Å². The third-order valence-electron chi connectivity index (χ3n) is 2.00. The van der Waals surface area contributed by atoms with E-state index in [0.717, 1.165) is 6.07 Å². The molecule has 0 unspecified atom stereocenters. The van der Waals surface area contributed by atoms with Crippen LogP contribution in [0.3, 0.4) is 0 Å². The minimum Gasteiger partial charge on any atom is -0.481 e. The number of halogens is 2. The zero-order valence-electron chi connectivity index (χ0n) is 9.19. The number of benzene rings is 1. The second kappa shape index (κ2) is 6.12. The van der Waals surface area contributed by atoms with Crippen molar-refractivity contribution >= 4 is 27.6 Å². The van der Waals surface area contributed by atoms with Gasteiger partial charge in [0.25, 0.3) is 0 Å². The molecule has 0 aliphatic rings. The van der Waals surface area contributed by atoms with Gasteiger partial charge in [0.15, 0.2) is 0 Å². The summed E-state index contributed by atoms with van der Waals surface area (Å²) in [6, 6.07) is 3.68. The Kier molecular flexibility index (Phi) is 5.06. The molecule has 0 saturated heterocycles. The predicted molar refractivity (Wildman–Crippen MR) is 64.3 cm³/mol. The summed E-state index contributed by atoms with van der Waals surface area (Å²) in [7, 11) is -3.68. The van der Waals surface area contributed by atoms with Crippen molar-refractivity contribution in [3.63, 3.8) is 0 Å². The van der Waals surface area contributed by atoms with E-state index in [1.54, 1.807) is 0 Å². The van der Waals surface area contributed by atoms with Crippen LogP contribution in [0.5, 0.6) is 0 Å². The molecule has 0 heterocycles. The highest BCUT2D eigenvalue weighted by Gasteiger charge is 2.13. The van der Waals surface area contributed by atoms with Crippen LogP contribution >= 0.6 is 11.6 Å². The predicted octanol–water partition coefficient (Wildman–Crippen LogP) is 1.37. The van der Waals surface area contributed by atoms with Crippen LogP contribution in [0.25, 0.3) is 0 Å². The summed E-state index contributed by atoms with van der Waals surface area (Å²) >= 11 is 5.46. The molecule has 2 N–H and O–H groups in total. The number of hydrogen-bond acceptors (Lipinski definition) is 3. The molecule has 0 spiro atoms. The standard InChI is InChI=1S/C10H11ClFNO4S/c11-8-2-1-7(5-9(8)12)6-18(16,17)13-4-3-10(14)15/h1-2,5,13H,3-4,6H2,(H,14,15). The molecule has 0 fully saturated rings. The summed E-state index contributed by atoms with van der Waals surface area (Å²) in [6.45, 7) is -0.201. The molecule has 0 radical (unpaired) electrons. The van der Waals surface area contributed by atoms with Crippen molar-refractivity contribution in [2.24, 2.45) is 0 Å². The highest BCUT2D eigenvalue weighted by atomic mass is 35.5. The first-order valence-electron chi connectivity index (χ1n) is 4.93. The third-order valence-corrected chi connectivity index (χ3v) is 3.67. The van der Waals surface area contributed by atoms with Gasteiger partial charge in [-0.15, -0.1) is 0 Å². The molecule has 100 valence electrons. The molecule has 0 bridgehead atoms. The average molecular weight is 296 g/mol. The van der Waals surface area contributed by atoms with Gasteiger partial charge in [0.1, 0.15) is 5.82 Å². The molecule has 1 aromatic rings. The topological polar surface area (TPSA) is 83.5 Å². The third kappa shape index (κ3) is 4.99. The smallest absolute Gasteiger partial charge is 0.304 e. The number of carboxylic acid groups (broad SMARTS) is 1. The van der Waals surface area contributed by atoms with Gasteiger partial charge in [0.05, 0.1) is 17.2 Å². The number of rotatable bonds is 6. The van der Waals surface area contributed by atoms with Gasteiger partial charge in [0, 0.05) is 6.54 Å². The number of nitrogens with one attached hydrogen (secondary N) is 1. The van der Waals surface area contributed by atoms with Crippen LogP contribution in [0.15, 0.2) is 18.2 Å². The number of carboxylic acids is 1. The Labute approximate surface area is 109 Å². The number of hydrogen-bond donors (Lipinski definition) is 2. The van der Waals surface area contributed by atoms with Crippen molar-refractivity contribution in [2.45, 2.75) is 12.2 Å². The quantitative estimate of drug-likeness (QED) is 0.830. The maximum absolute atomic E-state index is 13.1. The van der Waals surface area contributed by atoms with E-state index >= 15 is 0 Å². The van der Waals surface area contributed by atoms with Gasteiger partial charge in [-0.1, -0.05) is 17.7 Å². The van der Waals surface area contributed by atoms with Crippen LogP contribution in [0.1, 0.15) is 12.0 Å². The fourth-order valence-electron chi connectivity index (χ4n) is 1.21. The van der Waals surface area contributed by atoms with Crippen LogP contribution in [0.2, 0.25) is 5.02 Å². The zero-order valence-corrected chi connectivity index (χ0v) is 10.8. The van der Waals surface area contributed by atoms with Crippen LogP contribution in [-0.4, -0.2) is 26.0 Å². The highest BCUT2D eigenvalue weighted by Crippen LogP contribution is 2.16. The Morgan fingerprint density at radius 1 is 1.44 bits per heavy atom. The molecule has 1 aromatic carbocycles. The van der Waals surface area contributed by atoms with Gasteiger partial charge in [-0.25, -0.2) is 17.5 Å². The molecule has 8 heteroatoms. The van der Waals surface area contributed by atoms with Gasteiger partial charge >= 0.3 is 5.97 Å². The minimum absolute atomic E-state index is 0.0880. The first-order valence-corrected chi connectivity index (χ1v) is 6.96. The molecule has 0 saturated carbocycles. The molecule has 0 aromatic heterocycles. The van der Waals surface area contributed by atoms with E-state index in [2.05, 4.69) is 4.72 Å². The summed E-state index contributed by atoms with van der Waals surface area (Å²) in [5, 5.41) is 8.28. The molecule has 0 aliphatic carbocycles. The fourth-order valence-corrected chi connectivity index (χ4v) is 2.46. The van der Waals surface area contributed by atoms with Crippen LogP contribution in [0, 0.1) is 5.82 Å². The summed E-state index contributed by atoms with van der Waals surface area (Å²) < 4.78 is 38.2. The molecule has 1 rings (SSSR count). The SMILES string of the molecule is O=C(O)CCNS(=O)(=O)Cc1ccc(Cl)c(F)c1. The highest BCUT2D eigenvalue weighted by molar-refractivity contribution is 7.88. The molecule has 5 nitrogen and oxygen atoms in total. The molecular formula is C10H11ClFNO4S. The zero-order chi connectivity index (χ0) is 13.8. The summed E-state index contributed by atoms with van der Waals surface area (Å²) in [4.78, 5) is 10.2. The fraction of sp³-hybridized carbons (Fsp3) is 0.300. The molecular weight excluding hydrogens is 285 g/mol. The van der Waals surface area contributed by atoms with Gasteiger partial charge < -0.3 is 5.11 Å². The van der Waals surface area contributed by atoms with Gasteiger partial charge in [0.2, 0.25) is 10.0 Å². The molecule has 0 aliphatic heterocycles. The maximum atomic E-state index is 13.1. The molecule has 0 atom stereocenters. The first-order chi connectivity index (χ1) is 8.30. The summed E-state index contributed by atoms with van der Waals surface area (Å²) in [5.74, 6) is -2.23. The molecule has 18 heavy (non-hydrogen) atoms. The van der Waals surface area contributed by atoms with Gasteiger partial charge in [-0.2, -0.15) is 0 Å². The largest absolute Gasteiger partial charge is 0.481 e. The van der Waals surface area contributed by atoms with Crippen LogP contribution in [-0.2, 0) is 20.6 Å². The normalized spacial score (nSPS) is 11.4. The lowest BCUT2D eigenvalue weighted by Crippen LogP contribution is -2.27. The first kappa shape index (κ1) is 14.9. The van der Waals surface area contributed by atoms with Crippen LogP contribution < -0.4 is 4.72 Å². The maximum Gasteiger partial charge on any atom is 0.304 e.